The molecule has 1 amide bonds. The highest BCUT2D eigenvalue weighted by molar-refractivity contribution is 7.89. The van der Waals surface area contributed by atoms with Crippen molar-refractivity contribution in [2.75, 3.05) is 13.1 Å². The molecule has 1 aromatic rings. The van der Waals surface area contributed by atoms with E-state index in [9.17, 15) is 13.2 Å². The van der Waals surface area contributed by atoms with Crippen LogP contribution in [0, 0.1) is 12.8 Å². The summed E-state index contributed by atoms with van der Waals surface area (Å²) < 4.78 is 27.8. The zero-order valence-corrected chi connectivity index (χ0v) is 16.3. The van der Waals surface area contributed by atoms with E-state index < -0.39 is 16.1 Å². The molecule has 1 aromatic carbocycles. The van der Waals surface area contributed by atoms with E-state index in [2.05, 4.69) is 5.32 Å². The highest BCUT2D eigenvalue weighted by Crippen LogP contribution is 2.23. The third-order valence-electron chi connectivity index (χ3n) is 4.44. The molecule has 0 aromatic heterocycles. The summed E-state index contributed by atoms with van der Waals surface area (Å²) in [5.41, 5.74) is 2.05. The molecular weight excluding hydrogens is 336 g/mol. The highest BCUT2D eigenvalue weighted by Gasteiger charge is 2.35. The second kappa shape index (κ2) is 8.15. The Hall–Kier alpha value is -1.66. The molecule has 1 heterocycles. The second-order valence-corrected chi connectivity index (χ2v) is 9.02. The maximum Gasteiger partial charge on any atom is 0.243 e. The van der Waals surface area contributed by atoms with Gasteiger partial charge in [-0.25, -0.2) is 8.42 Å². The van der Waals surface area contributed by atoms with Gasteiger partial charge in [-0.05, 0) is 44.7 Å². The van der Waals surface area contributed by atoms with Gasteiger partial charge >= 0.3 is 0 Å². The van der Waals surface area contributed by atoms with Crippen LogP contribution >= 0.6 is 0 Å². The number of nitrogens with zero attached hydrogens (tertiary/aromatic N) is 1. The molecular formula is C19H28N2O3S. The summed E-state index contributed by atoms with van der Waals surface area (Å²) in [6.07, 6.45) is 3.06. The fraction of sp³-hybridized carbons (Fsp3) is 0.526. The minimum Gasteiger partial charge on any atom is -0.351 e. The molecule has 1 N–H and O–H groups in total. The van der Waals surface area contributed by atoms with Crippen LogP contribution in [-0.4, -0.2) is 37.8 Å². The summed E-state index contributed by atoms with van der Waals surface area (Å²) in [6.45, 7) is 8.76. The lowest BCUT2D eigenvalue weighted by Crippen LogP contribution is -2.49. The lowest BCUT2D eigenvalue weighted by atomic mass is 10.1. The van der Waals surface area contributed by atoms with E-state index in [-0.39, 0.29) is 10.8 Å². The van der Waals surface area contributed by atoms with Crippen molar-refractivity contribution in [2.24, 2.45) is 5.92 Å². The number of nitrogens with one attached hydrogen (secondary N) is 1. The average molecular weight is 365 g/mol. The fourth-order valence-electron chi connectivity index (χ4n) is 2.76. The van der Waals surface area contributed by atoms with E-state index in [4.69, 9.17) is 0 Å². The first-order valence-electron chi connectivity index (χ1n) is 8.73. The summed E-state index contributed by atoms with van der Waals surface area (Å²) in [5.74, 6) is 0.120. The summed E-state index contributed by atoms with van der Waals surface area (Å²) >= 11 is 0. The molecule has 1 aliphatic rings. The average Bonchev–Trinajstić information content (AvgIpc) is 2.70. The number of carbonyl (C=O) groups excluding carboxylic acids is 1. The smallest absolute Gasteiger partial charge is 0.243 e. The van der Waals surface area contributed by atoms with E-state index >= 15 is 0 Å². The molecule has 0 radical (unpaired) electrons. The SMILES string of the molecule is CC1=CC[C@H](N(CCC(C)C)S(=O)(=O)c2ccc(C)cc2)C(=O)NC1. The number of hydrogen-bond acceptors (Lipinski definition) is 3. The molecule has 1 atom stereocenters. The molecule has 0 fully saturated rings. The maximum atomic E-state index is 13.2. The highest BCUT2D eigenvalue weighted by atomic mass is 32.2. The minimum atomic E-state index is -3.74. The Kier molecular flexibility index (Phi) is 6.41. The van der Waals surface area contributed by atoms with E-state index in [1.807, 2.05) is 33.8 Å². The normalized spacial score (nSPS) is 18.9. The largest absolute Gasteiger partial charge is 0.351 e. The molecule has 2 rings (SSSR count). The van der Waals surface area contributed by atoms with Gasteiger partial charge in [0, 0.05) is 13.1 Å². The number of hydrogen-bond donors (Lipinski definition) is 1. The van der Waals surface area contributed by atoms with Gasteiger partial charge in [0.05, 0.1) is 4.90 Å². The van der Waals surface area contributed by atoms with Gasteiger partial charge in [0.25, 0.3) is 0 Å². The van der Waals surface area contributed by atoms with Crippen LogP contribution in [0.2, 0.25) is 0 Å². The Morgan fingerprint density at radius 1 is 1.20 bits per heavy atom. The number of sulfonamides is 1. The van der Waals surface area contributed by atoms with Gasteiger partial charge in [-0.1, -0.05) is 43.2 Å². The van der Waals surface area contributed by atoms with Crippen LogP contribution in [0.15, 0.2) is 40.8 Å². The number of benzene rings is 1. The first-order valence-corrected chi connectivity index (χ1v) is 10.2. The first-order chi connectivity index (χ1) is 11.7. The third kappa shape index (κ3) is 4.92. The summed E-state index contributed by atoms with van der Waals surface area (Å²) in [7, 11) is -3.74. The summed E-state index contributed by atoms with van der Waals surface area (Å²) in [4.78, 5) is 12.8. The van der Waals surface area contributed by atoms with Gasteiger partial charge in [0.2, 0.25) is 15.9 Å². The lowest BCUT2D eigenvalue weighted by molar-refractivity contribution is -0.124. The molecule has 0 aliphatic carbocycles. The summed E-state index contributed by atoms with van der Waals surface area (Å²) in [5, 5.41) is 2.83. The topological polar surface area (TPSA) is 66.5 Å². The molecule has 6 heteroatoms. The molecule has 0 bridgehead atoms. The van der Waals surface area contributed by atoms with Gasteiger partial charge in [-0.15, -0.1) is 0 Å². The van der Waals surface area contributed by atoms with Crippen molar-refractivity contribution in [3.8, 4) is 0 Å². The van der Waals surface area contributed by atoms with Crippen molar-refractivity contribution in [2.45, 2.75) is 51.5 Å². The molecule has 0 spiro atoms. The summed E-state index contributed by atoms with van der Waals surface area (Å²) in [6, 6.07) is 6.09. The number of amides is 1. The van der Waals surface area contributed by atoms with E-state index in [0.717, 1.165) is 11.1 Å². The van der Waals surface area contributed by atoms with Crippen molar-refractivity contribution in [3.63, 3.8) is 0 Å². The van der Waals surface area contributed by atoms with Crippen LogP contribution in [-0.2, 0) is 14.8 Å². The van der Waals surface area contributed by atoms with Crippen molar-refractivity contribution in [1.29, 1.82) is 0 Å². The Bertz CT molecular complexity index is 736. The zero-order chi connectivity index (χ0) is 18.6. The Morgan fingerprint density at radius 3 is 2.44 bits per heavy atom. The fourth-order valence-corrected chi connectivity index (χ4v) is 4.37. The van der Waals surface area contributed by atoms with Crippen LogP contribution in [0.1, 0.15) is 39.2 Å². The molecule has 0 unspecified atom stereocenters. The van der Waals surface area contributed by atoms with Gasteiger partial charge < -0.3 is 5.32 Å². The Balaban J connectivity index is 2.40. The van der Waals surface area contributed by atoms with Crippen LogP contribution in [0.25, 0.3) is 0 Å². The van der Waals surface area contributed by atoms with Crippen molar-refractivity contribution >= 4 is 15.9 Å². The molecule has 5 nitrogen and oxygen atoms in total. The number of rotatable bonds is 6. The number of aryl methyl sites for hydroxylation is 1. The van der Waals surface area contributed by atoms with E-state index in [0.29, 0.717) is 31.8 Å². The first kappa shape index (κ1) is 19.7. The van der Waals surface area contributed by atoms with Crippen LogP contribution in [0.5, 0.6) is 0 Å². The van der Waals surface area contributed by atoms with E-state index in [1.54, 1.807) is 24.3 Å². The second-order valence-electron chi connectivity index (χ2n) is 7.13. The van der Waals surface area contributed by atoms with Gasteiger partial charge in [-0.3, -0.25) is 4.79 Å². The number of carbonyl (C=O) groups is 1. The zero-order valence-electron chi connectivity index (χ0n) is 15.5. The van der Waals surface area contributed by atoms with Gasteiger partial charge in [-0.2, -0.15) is 4.31 Å². The maximum absolute atomic E-state index is 13.2. The minimum absolute atomic E-state index is 0.229. The van der Waals surface area contributed by atoms with Crippen molar-refractivity contribution in [3.05, 3.63) is 41.5 Å². The van der Waals surface area contributed by atoms with Gasteiger partial charge in [0.1, 0.15) is 6.04 Å². The van der Waals surface area contributed by atoms with Gasteiger partial charge in [0.15, 0.2) is 0 Å². The van der Waals surface area contributed by atoms with Crippen molar-refractivity contribution in [1.82, 2.24) is 9.62 Å². The third-order valence-corrected chi connectivity index (χ3v) is 6.36. The lowest BCUT2D eigenvalue weighted by Gasteiger charge is -2.29. The standard InChI is InChI=1S/C19H28N2O3S/c1-14(2)11-12-21(18-10-7-16(4)13-20-19(18)22)25(23,24)17-8-5-15(3)6-9-17/h5-9,14,18H,10-13H2,1-4H3,(H,20,22)/t18-/m0/s1. The predicted molar refractivity (Wildman–Crippen MR) is 99.7 cm³/mol. The molecule has 0 saturated carbocycles. The predicted octanol–water partition coefficient (Wildman–Crippen LogP) is 2.87. The van der Waals surface area contributed by atoms with E-state index in [1.165, 1.54) is 4.31 Å². The molecule has 25 heavy (non-hydrogen) atoms. The van der Waals surface area contributed by atoms with Crippen LogP contribution in [0.3, 0.4) is 0 Å². The molecule has 138 valence electrons. The van der Waals surface area contributed by atoms with Crippen LogP contribution in [0.4, 0.5) is 0 Å². The molecule has 0 saturated heterocycles. The monoisotopic (exact) mass is 364 g/mol. The van der Waals surface area contributed by atoms with Crippen molar-refractivity contribution < 1.29 is 13.2 Å². The molecule has 1 aliphatic heterocycles. The van der Waals surface area contributed by atoms with Crippen LogP contribution < -0.4 is 5.32 Å². The Labute approximate surface area is 151 Å². The Morgan fingerprint density at radius 2 is 1.84 bits per heavy atom. The quantitative estimate of drug-likeness (QED) is 0.789.